The maximum absolute atomic E-state index is 12.7. The Morgan fingerprint density at radius 3 is 1.28 bits per heavy atom. The van der Waals surface area contributed by atoms with Gasteiger partial charge in [0.1, 0.15) is 12.6 Å². The fraction of sp³-hybridized carbons (Fsp3) is 0.712. The van der Waals surface area contributed by atoms with Gasteiger partial charge in [0.25, 0.3) is 0 Å². The molecular weight excluding hydrogens is 830 g/mol. The molecule has 0 aliphatic carbocycles. The van der Waals surface area contributed by atoms with Crippen molar-refractivity contribution in [1.82, 2.24) is 0 Å². The van der Waals surface area contributed by atoms with E-state index in [1.807, 2.05) is 12.2 Å². The lowest BCUT2D eigenvalue weighted by atomic mass is 10.0. The molecule has 0 saturated heterocycles. The molecule has 0 saturated carbocycles. The molecule has 0 aromatic heterocycles. The molecule has 4 N–H and O–H groups in total. The first kappa shape index (κ1) is 60.9. The number of aliphatic carboxylic acids is 1. The number of rotatable bonds is 46. The number of carboxylic acid groups (broad SMARTS) is 1. The third kappa shape index (κ3) is 45.5. The molecule has 0 fully saturated rings. The lowest BCUT2D eigenvalue weighted by Crippen LogP contribution is -2.34. The van der Waals surface area contributed by atoms with Crippen LogP contribution in [0.15, 0.2) is 72.9 Å². The summed E-state index contributed by atoms with van der Waals surface area (Å²) in [5.74, 6) is -2.48. The number of nitrogens with two attached hydrogens (primary N) is 1. The third-order valence-corrected chi connectivity index (χ3v) is 11.4. The Labute approximate surface area is 389 Å². The number of allylic oxidation sites excluding steroid dienone is 12. The largest absolute Gasteiger partial charge is 0.480 e. The van der Waals surface area contributed by atoms with E-state index in [4.69, 9.17) is 24.8 Å². The highest BCUT2D eigenvalue weighted by molar-refractivity contribution is 7.47. The van der Waals surface area contributed by atoms with Crippen molar-refractivity contribution < 1.29 is 47.5 Å². The highest BCUT2D eigenvalue weighted by atomic mass is 31.2. The van der Waals surface area contributed by atoms with E-state index in [1.54, 1.807) is 0 Å². The molecule has 0 bridgehead atoms. The number of carboxylic acids is 1. The second-order valence-corrected chi connectivity index (χ2v) is 18.0. The van der Waals surface area contributed by atoms with Crippen molar-refractivity contribution in [2.75, 3.05) is 19.8 Å². The predicted octanol–water partition coefficient (Wildman–Crippen LogP) is 14.1. The van der Waals surface area contributed by atoms with Gasteiger partial charge in [-0.1, -0.05) is 215 Å². The maximum Gasteiger partial charge on any atom is 0.472 e. The van der Waals surface area contributed by atoms with Crippen LogP contribution in [0.2, 0.25) is 0 Å². The second kappa shape index (κ2) is 46.4. The Kier molecular flexibility index (Phi) is 44.2. The molecule has 0 spiro atoms. The number of esters is 2. The number of phosphoric acid groups is 1. The van der Waals surface area contributed by atoms with Gasteiger partial charge in [0.2, 0.25) is 0 Å². The van der Waals surface area contributed by atoms with Gasteiger partial charge in [-0.05, 0) is 51.4 Å². The van der Waals surface area contributed by atoms with Crippen molar-refractivity contribution in [2.24, 2.45) is 5.73 Å². The Hall–Kier alpha value is -3.08. The Bertz CT molecular complexity index is 1360. The number of carbonyl (C=O) groups is 3. The van der Waals surface area contributed by atoms with Crippen LogP contribution in [0.4, 0.5) is 0 Å². The van der Waals surface area contributed by atoms with E-state index < -0.39 is 51.1 Å². The minimum absolute atomic E-state index is 0.0951. The van der Waals surface area contributed by atoms with Gasteiger partial charge in [-0.25, -0.2) is 4.57 Å². The Balaban J connectivity index is 4.36. The standard InChI is InChI=1S/C52H90NO10P/c1-3-5-7-9-11-13-15-17-19-21-23-24-26-28-30-32-34-36-38-40-42-44-51(55)63-48(46-61-64(58,59)62-47-49(53)52(56)57)45-60-50(54)43-41-39-37-35-33-31-29-27-25-22-20-18-16-14-12-10-8-6-4-2/h6,8,12,14,18,20,25,27,31,33,37,39,48-49H,3-5,7,9-11,13,15-17,19,21-24,26,28-30,32,34-36,38,40-47,53H2,1-2H3,(H,56,57)(H,58,59)/b8-6+,14-12+,20-18+,27-25+,33-31+,39-37+/t48-,49+/m1/s1. The molecule has 0 amide bonds. The zero-order valence-corrected chi connectivity index (χ0v) is 41.0. The second-order valence-electron chi connectivity index (χ2n) is 16.6. The highest BCUT2D eigenvalue weighted by Crippen LogP contribution is 2.43. The molecule has 0 aliphatic heterocycles. The first-order valence-electron chi connectivity index (χ1n) is 25.0. The molecule has 3 atom stereocenters. The van der Waals surface area contributed by atoms with E-state index in [0.717, 1.165) is 57.8 Å². The summed E-state index contributed by atoms with van der Waals surface area (Å²) in [5.41, 5.74) is 5.34. The summed E-state index contributed by atoms with van der Waals surface area (Å²) in [4.78, 5) is 46.1. The van der Waals surface area contributed by atoms with Crippen LogP contribution in [0.5, 0.6) is 0 Å². The van der Waals surface area contributed by atoms with Crippen LogP contribution < -0.4 is 5.73 Å². The lowest BCUT2D eigenvalue weighted by Gasteiger charge is -2.20. The van der Waals surface area contributed by atoms with Crippen molar-refractivity contribution in [3.8, 4) is 0 Å². The van der Waals surface area contributed by atoms with Crippen LogP contribution in [0, 0.1) is 0 Å². The van der Waals surface area contributed by atoms with Crippen molar-refractivity contribution in [2.45, 2.75) is 219 Å². The molecule has 0 aromatic rings. The van der Waals surface area contributed by atoms with Gasteiger partial charge >= 0.3 is 25.7 Å². The topological polar surface area (TPSA) is 172 Å². The zero-order valence-electron chi connectivity index (χ0n) is 40.1. The lowest BCUT2D eigenvalue weighted by molar-refractivity contribution is -0.161. The monoisotopic (exact) mass is 920 g/mol. The molecule has 0 aromatic carbocycles. The van der Waals surface area contributed by atoms with Crippen LogP contribution in [-0.2, 0) is 37.5 Å². The minimum Gasteiger partial charge on any atom is -0.480 e. The first-order chi connectivity index (χ1) is 31.1. The van der Waals surface area contributed by atoms with Gasteiger partial charge in [-0.15, -0.1) is 0 Å². The van der Waals surface area contributed by atoms with E-state index in [0.29, 0.717) is 12.8 Å². The fourth-order valence-corrected chi connectivity index (χ4v) is 7.40. The van der Waals surface area contributed by atoms with Gasteiger partial charge in [0.05, 0.1) is 13.2 Å². The van der Waals surface area contributed by atoms with Crippen LogP contribution in [0.1, 0.15) is 206 Å². The maximum atomic E-state index is 12.7. The van der Waals surface area contributed by atoms with Crippen LogP contribution in [0.25, 0.3) is 0 Å². The smallest absolute Gasteiger partial charge is 0.472 e. The minimum atomic E-state index is -4.74. The van der Waals surface area contributed by atoms with Gasteiger partial charge < -0.3 is 25.2 Å². The molecule has 12 heteroatoms. The summed E-state index contributed by atoms with van der Waals surface area (Å²) in [6.45, 7) is 2.64. The van der Waals surface area contributed by atoms with Crippen LogP contribution in [0.3, 0.4) is 0 Å². The Morgan fingerprint density at radius 1 is 0.500 bits per heavy atom. The number of hydrogen-bond donors (Lipinski definition) is 3. The quantitative estimate of drug-likeness (QED) is 0.0230. The van der Waals surface area contributed by atoms with Crippen LogP contribution in [-0.4, -0.2) is 59.9 Å². The van der Waals surface area contributed by atoms with Crippen molar-refractivity contribution in [3.63, 3.8) is 0 Å². The summed E-state index contributed by atoms with van der Waals surface area (Å²) in [6.07, 6.45) is 57.0. The number of hydrogen-bond acceptors (Lipinski definition) is 9. The SMILES string of the molecule is CC/C=C/C/C=C/C/C=C/C/C=C/C/C=C/C/C=C/CCC(=O)OC[C@H](COP(=O)(O)OC[C@H](N)C(=O)O)OC(=O)CCCCCCCCCCCCCCCCCCCCCCC. The molecule has 368 valence electrons. The molecule has 0 heterocycles. The molecular formula is C52H90NO10P. The van der Waals surface area contributed by atoms with E-state index in [2.05, 4.69) is 79.1 Å². The molecule has 64 heavy (non-hydrogen) atoms. The molecule has 1 unspecified atom stereocenters. The third-order valence-electron chi connectivity index (χ3n) is 10.5. The summed E-state index contributed by atoms with van der Waals surface area (Å²) in [6, 6.07) is -1.53. The van der Waals surface area contributed by atoms with Crippen LogP contribution >= 0.6 is 7.82 Å². The van der Waals surface area contributed by atoms with Gasteiger partial charge in [-0.2, -0.15) is 0 Å². The average molecular weight is 920 g/mol. The number of carbonyl (C=O) groups excluding carboxylic acids is 2. The van der Waals surface area contributed by atoms with Gasteiger partial charge in [-0.3, -0.25) is 23.4 Å². The molecule has 0 aliphatic rings. The summed E-state index contributed by atoms with van der Waals surface area (Å²) in [5, 5.41) is 8.92. The molecule has 11 nitrogen and oxygen atoms in total. The van der Waals surface area contributed by atoms with Crippen molar-refractivity contribution in [1.29, 1.82) is 0 Å². The number of unbranched alkanes of at least 4 members (excludes halogenated alkanes) is 20. The van der Waals surface area contributed by atoms with Gasteiger partial charge in [0.15, 0.2) is 6.10 Å². The van der Waals surface area contributed by atoms with E-state index in [1.165, 1.54) is 109 Å². The fourth-order valence-electron chi connectivity index (χ4n) is 6.62. The molecule has 0 rings (SSSR count). The van der Waals surface area contributed by atoms with Crippen molar-refractivity contribution in [3.05, 3.63) is 72.9 Å². The number of ether oxygens (including phenoxy) is 2. The summed E-state index contributed by atoms with van der Waals surface area (Å²) >= 11 is 0. The van der Waals surface area contributed by atoms with E-state index >= 15 is 0 Å². The zero-order chi connectivity index (χ0) is 47.0. The summed E-state index contributed by atoms with van der Waals surface area (Å²) in [7, 11) is -4.74. The number of phosphoric ester groups is 1. The Morgan fingerprint density at radius 2 is 0.875 bits per heavy atom. The molecule has 0 radical (unpaired) electrons. The summed E-state index contributed by atoms with van der Waals surface area (Å²) < 4.78 is 32.7. The van der Waals surface area contributed by atoms with E-state index in [9.17, 15) is 23.8 Å². The first-order valence-corrected chi connectivity index (χ1v) is 26.5. The highest BCUT2D eigenvalue weighted by Gasteiger charge is 2.28. The average Bonchev–Trinajstić information content (AvgIpc) is 3.27. The van der Waals surface area contributed by atoms with Crippen molar-refractivity contribution >= 4 is 25.7 Å². The van der Waals surface area contributed by atoms with Gasteiger partial charge in [0, 0.05) is 12.8 Å². The predicted molar refractivity (Wildman–Crippen MR) is 263 cm³/mol. The van der Waals surface area contributed by atoms with E-state index in [-0.39, 0.29) is 19.4 Å². The normalized spacial score (nSPS) is 14.2.